The fourth-order valence-electron chi connectivity index (χ4n) is 2.88. The summed E-state index contributed by atoms with van der Waals surface area (Å²) < 4.78 is 1.79. The maximum atomic E-state index is 9.95. The van der Waals surface area contributed by atoms with E-state index in [0.717, 1.165) is 23.6 Å². The Balaban J connectivity index is 1.80. The van der Waals surface area contributed by atoms with E-state index in [-0.39, 0.29) is 11.5 Å². The van der Waals surface area contributed by atoms with E-state index in [9.17, 15) is 10.2 Å². The number of phenols is 2. The predicted molar refractivity (Wildman–Crippen MR) is 78.6 cm³/mol. The van der Waals surface area contributed by atoms with Crippen LogP contribution in [0.25, 0.3) is 15.5 Å². The Morgan fingerprint density at radius 1 is 1.14 bits per heavy atom. The zero-order valence-corrected chi connectivity index (χ0v) is 12.0. The van der Waals surface area contributed by atoms with Crippen molar-refractivity contribution in [1.82, 2.24) is 19.8 Å². The molecule has 1 fully saturated rings. The van der Waals surface area contributed by atoms with Crippen LogP contribution in [0.3, 0.4) is 0 Å². The van der Waals surface area contributed by atoms with Gasteiger partial charge in [0.2, 0.25) is 4.96 Å². The molecule has 0 saturated heterocycles. The molecule has 4 rings (SSSR count). The van der Waals surface area contributed by atoms with Gasteiger partial charge in [-0.25, -0.2) is 0 Å². The molecule has 0 spiro atoms. The van der Waals surface area contributed by atoms with Gasteiger partial charge >= 0.3 is 0 Å². The molecular weight excluding hydrogens is 288 g/mol. The first-order chi connectivity index (χ1) is 10.2. The third kappa shape index (κ3) is 2.04. The fraction of sp³-hybridized carbons (Fsp3) is 0.357. The molecule has 1 saturated carbocycles. The van der Waals surface area contributed by atoms with E-state index in [1.165, 1.54) is 36.3 Å². The highest BCUT2D eigenvalue weighted by molar-refractivity contribution is 7.19. The number of benzene rings is 1. The SMILES string of the molecule is Oc1ccc(-c2nn3c(C4CCCC4)nnc3s2)c(O)c1. The van der Waals surface area contributed by atoms with Crippen molar-refractivity contribution in [3.63, 3.8) is 0 Å². The molecule has 1 aromatic carbocycles. The number of aromatic nitrogens is 4. The van der Waals surface area contributed by atoms with Gasteiger partial charge < -0.3 is 10.2 Å². The number of hydrogen-bond donors (Lipinski definition) is 2. The van der Waals surface area contributed by atoms with Crippen molar-refractivity contribution in [3.05, 3.63) is 24.0 Å². The minimum absolute atomic E-state index is 0.0161. The zero-order valence-electron chi connectivity index (χ0n) is 11.2. The van der Waals surface area contributed by atoms with E-state index in [4.69, 9.17) is 0 Å². The topological polar surface area (TPSA) is 83.5 Å². The van der Waals surface area contributed by atoms with Crippen LogP contribution in [0, 0.1) is 0 Å². The lowest BCUT2D eigenvalue weighted by atomic mass is 10.1. The predicted octanol–water partition coefficient (Wildman–Crippen LogP) is 2.92. The summed E-state index contributed by atoms with van der Waals surface area (Å²) in [6.07, 6.45) is 4.74. The Hall–Kier alpha value is -2.15. The molecule has 0 amide bonds. The normalized spacial score (nSPS) is 16.0. The van der Waals surface area contributed by atoms with Gasteiger partial charge in [0.05, 0.1) is 5.56 Å². The molecule has 0 bridgehead atoms. The molecule has 2 aromatic heterocycles. The summed E-state index contributed by atoms with van der Waals surface area (Å²) in [5, 5.41) is 33.0. The monoisotopic (exact) mass is 302 g/mol. The van der Waals surface area contributed by atoms with Crippen molar-refractivity contribution in [2.45, 2.75) is 31.6 Å². The van der Waals surface area contributed by atoms with Gasteiger partial charge in [-0.3, -0.25) is 0 Å². The van der Waals surface area contributed by atoms with Crippen molar-refractivity contribution in [3.8, 4) is 22.1 Å². The molecule has 2 heterocycles. The number of phenolic OH excluding ortho intramolecular Hbond substituents is 2. The maximum Gasteiger partial charge on any atom is 0.234 e. The van der Waals surface area contributed by atoms with Gasteiger partial charge in [-0.15, -0.1) is 10.2 Å². The average molecular weight is 302 g/mol. The summed E-state index contributed by atoms with van der Waals surface area (Å²) in [6, 6.07) is 4.51. The molecule has 0 aliphatic heterocycles. The minimum Gasteiger partial charge on any atom is -0.508 e. The Bertz CT molecular complexity index is 805. The van der Waals surface area contributed by atoms with Crippen LogP contribution in [0.1, 0.15) is 37.4 Å². The summed E-state index contributed by atoms with van der Waals surface area (Å²) in [7, 11) is 0. The number of aromatic hydroxyl groups is 2. The summed E-state index contributed by atoms with van der Waals surface area (Å²) >= 11 is 1.39. The number of rotatable bonds is 2. The van der Waals surface area contributed by atoms with Crippen LogP contribution < -0.4 is 0 Å². The first-order valence-electron chi connectivity index (χ1n) is 6.97. The Labute approximate surface area is 124 Å². The van der Waals surface area contributed by atoms with E-state index in [0.29, 0.717) is 16.5 Å². The van der Waals surface area contributed by atoms with Crippen molar-refractivity contribution >= 4 is 16.3 Å². The van der Waals surface area contributed by atoms with Gasteiger partial charge in [-0.2, -0.15) is 9.61 Å². The minimum atomic E-state index is 0.0161. The second kappa shape index (κ2) is 4.70. The lowest BCUT2D eigenvalue weighted by Gasteiger charge is -2.04. The number of hydrogen-bond acceptors (Lipinski definition) is 6. The molecule has 7 heteroatoms. The van der Waals surface area contributed by atoms with E-state index in [2.05, 4.69) is 15.3 Å². The van der Waals surface area contributed by atoms with Crippen LogP contribution in [0.2, 0.25) is 0 Å². The molecule has 0 radical (unpaired) electrons. The zero-order chi connectivity index (χ0) is 14.4. The molecule has 6 nitrogen and oxygen atoms in total. The van der Waals surface area contributed by atoms with Crippen molar-refractivity contribution in [2.24, 2.45) is 0 Å². The van der Waals surface area contributed by atoms with Crippen LogP contribution >= 0.6 is 11.3 Å². The van der Waals surface area contributed by atoms with E-state index in [1.807, 2.05) is 0 Å². The third-order valence-electron chi connectivity index (χ3n) is 3.95. The number of nitrogens with zero attached hydrogens (tertiary/aromatic N) is 4. The highest BCUT2D eigenvalue weighted by atomic mass is 32.1. The quantitative estimate of drug-likeness (QED) is 0.760. The molecule has 108 valence electrons. The first kappa shape index (κ1) is 12.6. The smallest absolute Gasteiger partial charge is 0.234 e. The van der Waals surface area contributed by atoms with Gasteiger partial charge in [0.15, 0.2) is 10.8 Å². The summed E-state index contributed by atoms with van der Waals surface area (Å²) in [5.41, 5.74) is 0.598. The molecule has 21 heavy (non-hydrogen) atoms. The van der Waals surface area contributed by atoms with Gasteiger partial charge in [0.25, 0.3) is 0 Å². The van der Waals surface area contributed by atoms with Crippen LogP contribution in [-0.2, 0) is 0 Å². The Kier molecular flexibility index (Phi) is 2.81. The van der Waals surface area contributed by atoms with Gasteiger partial charge in [-0.05, 0) is 25.0 Å². The average Bonchev–Trinajstić information content (AvgIpc) is 3.13. The van der Waals surface area contributed by atoms with E-state index in [1.54, 1.807) is 10.6 Å². The Morgan fingerprint density at radius 3 is 2.71 bits per heavy atom. The second-order valence-electron chi connectivity index (χ2n) is 5.34. The molecular formula is C14H14N4O2S. The molecule has 0 unspecified atom stereocenters. The van der Waals surface area contributed by atoms with Crippen molar-refractivity contribution in [2.75, 3.05) is 0 Å². The van der Waals surface area contributed by atoms with Crippen molar-refractivity contribution < 1.29 is 10.2 Å². The summed E-state index contributed by atoms with van der Waals surface area (Å²) in [4.78, 5) is 0.736. The third-order valence-corrected chi connectivity index (χ3v) is 4.88. The highest BCUT2D eigenvalue weighted by Gasteiger charge is 2.24. The van der Waals surface area contributed by atoms with Crippen LogP contribution in [0.5, 0.6) is 11.5 Å². The van der Waals surface area contributed by atoms with Crippen LogP contribution in [-0.4, -0.2) is 30.0 Å². The summed E-state index contributed by atoms with van der Waals surface area (Å²) in [6.45, 7) is 0. The van der Waals surface area contributed by atoms with Gasteiger partial charge in [0, 0.05) is 12.0 Å². The molecule has 0 atom stereocenters. The van der Waals surface area contributed by atoms with Crippen LogP contribution in [0.15, 0.2) is 18.2 Å². The number of fused-ring (bicyclic) bond motifs is 1. The molecule has 1 aliphatic rings. The fourth-order valence-corrected chi connectivity index (χ4v) is 3.76. The standard InChI is InChI=1S/C14H14N4O2S/c19-9-5-6-10(11(20)7-9)13-17-18-12(8-3-1-2-4-8)15-16-14(18)21-13/h5-8,19-20H,1-4H2. The first-order valence-corrected chi connectivity index (χ1v) is 7.78. The van der Waals surface area contributed by atoms with Gasteiger partial charge in [0.1, 0.15) is 11.5 Å². The highest BCUT2D eigenvalue weighted by Crippen LogP contribution is 2.37. The largest absolute Gasteiger partial charge is 0.508 e. The second-order valence-corrected chi connectivity index (χ2v) is 6.30. The lowest BCUT2D eigenvalue weighted by Crippen LogP contribution is -2.01. The molecule has 3 aromatic rings. The summed E-state index contributed by atoms with van der Waals surface area (Å²) in [5.74, 6) is 1.40. The Morgan fingerprint density at radius 2 is 1.95 bits per heavy atom. The van der Waals surface area contributed by atoms with Crippen LogP contribution in [0.4, 0.5) is 0 Å². The lowest BCUT2D eigenvalue weighted by molar-refractivity contribution is 0.452. The van der Waals surface area contributed by atoms with E-state index >= 15 is 0 Å². The van der Waals surface area contributed by atoms with Gasteiger partial charge in [-0.1, -0.05) is 24.2 Å². The molecule has 1 aliphatic carbocycles. The molecule has 2 N–H and O–H groups in total. The van der Waals surface area contributed by atoms with E-state index < -0.39 is 0 Å². The van der Waals surface area contributed by atoms with Crippen molar-refractivity contribution in [1.29, 1.82) is 0 Å². The maximum absolute atomic E-state index is 9.95.